The van der Waals surface area contributed by atoms with E-state index < -0.39 is 0 Å². The van der Waals surface area contributed by atoms with Crippen molar-refractivity contribution in [3.8, 4) is 0 Å². The van der Waals surface area contributed by atoms with E-state index in [1.807, 2.05) is 0 Å². The second-order valence-electron chi connectivity index (χ2n) is 5.38. The summed E-state index contributed by atoms with van der Waals surface area (Å²) < 4.78 is 17.8. The molecule has 0 fully saturated rings. The molecule has 0 bridgehead atoms. The van der Waals surface area contributed by atoms with E-state index in [1.54, 1.807) is 54.6 Å². The van der Waals surface area contributed by atoms with Gasteiger partial charge in [0, 0.05) is 17.5 Å². The molecule has 2 N–H and O–H groups in total. The number of rotatable bonds is 5. The lowest BCUT2D eigenvalue weighted by Crippen LogP contribution is -2.11. The highest BCUT2D eigenvalue weighted by atomic mass is 19.1. The van der Waals surface area contributed by atoms with Gasteiger partial charge < -0.3 is 15.1 Å². The highest BCUT2D eigenvalue weighted by molar-refractivity contribution is 6.03. The van der Waals surface area contributed by atoms with Crippen LogP contribution in [0.25, 0.3) is 6.08 Å². The molecule has 0 unspecified atom stereocenters. The molecule has 0 radical (unpaired) electrons. The molecule has 0 aliphatic carbocycles. The quantitative estimate of drug-likeness (QED) is 0.673. The molecule has 0 saturated heterocycles. The van der Waals surface area contributed by atoms with Gasteiger partial charge in [0.05, 0.1) is 6.26 Å². The van der Waals surface area contributed by atoms with Crippen molar-refractivity contribution >= 4 is 29.3 Å². The third-order valence-corrected chi connectivity index (χ3v) is 3.45. The van der Waals surface area contributed by atoms with Crippen molar-refractivity contribution in [1.29, 1.82) is 0 Å². The number of anilines is 2. The number of carbonyl (C=O) groups excluding carboxylic acids is 2. The second-order valence-corrected chi connectivity index (χ2v) is 5.38. The van der Waals surface area contributed by atoms with E-state index in [0.717, 1.165) is 5.56 Å². The summed E-state index contributed by atoms with van der Waals surface area (Å²) in [6.07, 6.45) is 4.37. The summed E-state index contributed by atoms with van der Waals surface area (Å²) in [5.41, 5.74) is 1.87. The van der Waals surface area contributed by atoms with Crippen LogP contribution in [0.3, 0.4) is 0 Å². The van der Waals surface area contributed by atoms with Crippen molar-refractivity contribution in [3.63, 3.8) is 0 Å². The van der Waals surface area contributed by atoms with Crippen LogP contribution in [-0.4, -0.2) is 11.8 Å². The first-order valence-corrected chi connectivity index (χ1v) is 7.80. The van der Waals surface area contributed by atoms with Crippen molar-refractivity contribution < 1.29 is 18.4 Å². The number of carbonyl (C=O) groups is 2. The molecule has 0 spiro atoms. The molecule has 3 rings (SSSR count). The van der Waals surface area contributed by atoms with E-state index in [4.69, 9.17) is 4.42 Å². The van der Waals surface area contributed by atoms with Crippen LogP contribution < -0.4 is 10.6 Å². The molecule has 0 saturated carbocycles. The zero-order valence-electron chi connectivity index (χ0n) is 13.6. The smallest absolute Gasteiger partial charge is 0.291 e. The standard InChI is InChI=1S/C20H15FN2O3/c21-15-6-3-14(4-7-15)5-12-19(24)22-16-8-10-17(11-9-16)23-20(25)18-2-1-13-26-18/h1-13H,(H,22,24)(H,23,25)/b12-5+. The number of furan rings is 1. The average molecular weight is 350 g/mol. The van der Waals surface area contributed by atoms with Gasteiger partial charge in [-0.15, -0.1) is 0 Å². The van der Waals surface area contributed by atoms with Gasteiger partial charge in [0.15, 0.2) is 5.76 Å². The Labute approximate surface area is 149 Å². The molecule has 0 atom stereocenters. The Balaban J connectivity index is 1.55. The van der Waals surface area contributed by atoms with Gasteiger partial charge in [0.2, 0.25) is 5.91 Å². The lowest BCUT2D eigenvalue weighted by molar-refractivity contribution is -0.111. The molecular weight excluding hydrogens is 335 g/mol. The minimum Gasteiger partial charge on any atom is -0.459 e. The monoisotopic (exact) mass is 350 g/mol. The Morgan fingerprint density at radius 3 is 2.15 bits per heavy atom. The zero-order chi connectivity index (χ0) is 18.4. The van der Waals surface area contributed by atoms with Gasteiger partial charge in [-0.3, -0.25) is 9.59 Å². The fourth-order valence-electron chi connectivity index (χ4n) is 2.17. The lowest BCUT2D eigenvalue weighted by Gasteiger charge is -2.06. The van der Waals surface area contributed by atoms with Gasteiger partial charge in [0.1, 0.15) is 5.82 Å². The van der Waals surface area contributed by atoms with E-state index >= 15 is 0 Å². The van der Waals surface area contributed by atoms with Gasteiger partial charge in [-0.05, 0) is 60.2 Å². The molecule has 2 aromatic carbocycles. The summed E-state index contributed by atoms with van der Waals surface area (Å²) in [6.45, 7) is 0. The average Bonchev–Trinajstić information content (AvgIpc) is 3.18. The summed E-state index contributed by atoms with van der Waals surface area (Å²) in [5.74, 6) is -0.783. The Morgan fingerprint density at radius 1 is 0.885 bits per heavy atom. The summed E-state index contributed by atoms with van der Waals surface area (Å²) in [5, 5.41) is 5.39. The molecular formula is C20H15FN2O3. The van der Waals surface area contributed by atoms with Crippen LogP contribution in [-0.2, 0) is 4.79 Å². The molecule has 2 amide bonds. The first-order valence-electron chi connectivity index (χ1n) is 7.80. The third kappa shape index (κ3) is 4.67. The maximum absolute atomic E-state index is 12.8. The first kappa shape index (κ1) is 17.2. The van der Waals surface area contributed by atoms with Gasteiger partial charge in [-0.2, -0.15) is 0 Å². The topological polar surface area (TPSA) is 71.3 Å². The van der Waals surface area contributed by atoms with Gasteiger partial charge >= 0.3 is 0 Å². The highest BCUT2D eigenvalue weighted by Gasteiger charge is 2.08. The molecule has 0 aliphatic rings. The largest absolute Gasteiger partial charge is 0.459 e. The predicted octanol–water partition coefficient (Wildman–Crippen LogP) is 4.32. The first-order chi connectivity index (χ1) is 12.6. The Kier molecular flexibility index (Phi) is 5.24. The second kappa shape index (κ2) is 7.94. The maximum Gasteiger partial charge on any atom is 0.291 e. The van der Waals surface area contributed by atoms with Gasteiger partial charge in [-0.1, -0.05) is 12.1 Å². The number of benzene rings is 2. The number of nitrogens with one attached hydrogen (secondary N) is 2. The lowest BCUT2D eigenvalue weighted by atomic mass is 10.2. The number of hydrogen-bond donors (Lipinski definition) is 2. The van der Waals surface area contributed by atoms with Crippen LogP contribution in [0.15, 0.2) is 77.4 Å². The molecule has 130 valence electrons. The van der Waals surface area contributed by atoms with Crippen molar-refractivity contribution in [3.05, 3.63) is 90.1 Å². The molecule has 6 heteroatoms. The summed E-state index contributed by atoms with van der Waals surface area (Å²) in [6, 6.07) is 15.7. The number of amides is 2. The van der Waals surface area contributed by atoms with E-state index in [-0.39, 0.29) is 23.4 Å². The van der Waals surface area contributed by atoms with Crippen LogP contribution >= 0.6 is 0 Å². The maximum atomic E-state index is 12.8. The molecule has 3 aromatic rings. The summed E-state index contributed by atoms with van der Waals surface area (Å²) >= 11 is 0. The van der Waals surface area contributed by atoms with Crippen molar-refractivity contribution in [2.24, 2.45) is 0 Å². The van der Waals surface area contributed by atoms with Crippen molar-refractivity contribution in [1.82, 2.24) is 0 Å². The van der Waals surface area contributed by atoms with Gasteiger partial charge in [0.25, 0.3) is 5.91 Å². The molecule has 1 aromatic heterocycles. The fraction of sp³-hybridized carbons (Fsp3) is 0. The molecule has 26 heavy (non-hydrogen) atoms. The normalized spacial score (nSPS) is 10.7. The fourth-order valence-corrected chi connectivity index (χ4v) is 2.17. The minimum absolute atomic E-state index is 0.216. The van der Waals surface area contributed by atoms with Crippen LogP contribution in [0.4, 0.5) is 15.8 Å². The van der Waals surface area contributed by atoms with Crippen LogP contribution in [0, 0.1) is 5.82 Å². The van der Waals surface area contributed by atoms with E-state index in [9.17, 15) is 14.0 Å². The van der Waals surface area contributed by atoms with Gasteiger partial charge in [-0.25, -0.2) is 4.39 Å². The van der Waals surface area contributed by atoms with Crippen molar-refractivity contribution in [2.75, 3.05) is 10.6 Å². The SMILES string of the molecule is O=C(/C=C/c1ccc(F)cc1)Nc1ccc(NC(=O)c2ccco2)cc1. The predicted molar refractivity (Wildman–Crippen MR) is 97.2 cm³/mol. The van der Waals surface area contributed by atoms with Crippen molar-refractivity contribution in [2.45, 2.75) is 0 Å². The van der Waals surface area contributed by atoms with E-state index in [1.165, 1.54) is 24.5 Å². The summed E-state index contributed by atoms with van der Waals surface area (Å²) in [7, 11) is 0. The zero-order valence-corrected chi connectivity index (χ0v) is 13.6. The minimum atomic E-state index is -0.353. The Bertz CT molecular complexity index is 915. The Morgan fingerprint density at radius 2 is 1.54 bits per heavy atom. The third-order valence-electron chi connectivity index (χ3n) is 3.45. The highest BCUT2D eigenvalue weighted by Crippen LogP contribution is 2.15. The molecule has 5 nitrogen and oxygen atoms in total. The van der Waals surface area contributed by atoms with Crippen LogP contribution in [0.2, 0.25) is 0 Å². The van der Waals surface area contributed by atoms with E-state index in [2.05, 4.69) is 10.6 Å². The Hall–Kier alpha value is -3.67. The van der Waals surface area contributed by atoms with E-state index in [0.29, 0.717) is 11.4 Å². The summed E-state index contributed by atoms with van der Waals surface area (Å²) in [4.78, 5) is 23.8. The molecule has 1 heterocycles. The molecule has 0 aliphatic heterocycles. The van der Waals surface area contributed by atoms with Crippen LogP contribution in [0.5, 0.6) is 0 Å². The number of halogens is 1. The number of hydrogen-bond acceptors (Lipinski definition) is 3. The van der Waals surface area contributed by atoms with Crippen LogP contribution in [0.1, 0.15) is 16.1 Å².